The molecule has 0 radical (unpaired) electrons. The number of fused-ring (bicyclic) bond motifs is 1. The lowest BCUT2D eigenvalue weighted by Crippen LogP contribution is -2.38. The number of aromatic nitrogens is 4. The van der Waals surface area contributed by atoms with Crippen LogP contribution in [0.25, 0.3) is 11.0 Å². The lowest BCUT2D eigenvalue weighted by Gasteiger charge is -2.30. The van der Waals surface area contributed by atoms with Crippen LogP contribution in [0.15, 0.2) is 17.3 Å². The maximum absolute atomic E-state index is 12.6. The van der Waals surface area contributed by atoms with E-state index < -0.39 is 0 Å². The van der Waals surface area contributed by atoms with Crippen LogP contribution < -0.4 is 5.56 Å². The van der Waals surface area contributed by atoms with Gasteiger partial charge in [0.2, 0.25) is 5.91 Å². The molecule has 3 rings (SSSR count). The van der Waals surface area contributed by atoms with E-state index in [-0.39, 0.29) is 17.0 Å². The van der Waals surface area contributed by atoms with Crippen molar-refractivity contribution in [2.75, 3.05) is 13.1 Å². The minimum atomic E-state index is -0.241. The fraction of sp³-hybridized carbons (Fsp3) is 0.667. The largest absolute Gasteiger partial charge is 0.343 e. The Labute approximate surface area is 147 Å². The van der Waals surface area contributed by atoms with Crippen molar-refractivity contribution in [3.8, 4) is 0 Å². The zero-order valence-corrected chi connectivity index (χ0v) is 15.5. The summed E-state index contributed by atoms with van der Waals surface area (Å²) in [4.78, 5) is 31.3. The lowest BCUT2D eigenvalue weighted by atomic mass is 9.99. The number of amides is 1. The summed E-state index contributed by atoms with van der Waals surface area (Å²) < 4.78 is 3.27. The second kappa shape index (κ2) is 6.61. The summed E-state index contributed by atoms with van der Waals surface area (Å²) in [5.41, 5.74) is 0.208. The molecule has 25 heavy (non-hydrogen) atoms. The first-order valence-electron chi connectivity index (χ1n) is 8.99. The Morgan fingerprint density at radius 2 is 1.96 bits per heavy atom. The molecule has 2 aromatic heterocycles. The van der Waals surface area contributed by atoms with E-state index in [9.17, 15) is 9.59 Å². The highest BCUT2D eigenvalue weighted by Crippen LogP contribution is 2.18. The van der Waals surface area contributed by atoms with Crippen molar-refractivity contribution in [1.29, 1.82) is 0 Å². The average Bonchev–Trinajstić information content (AvgIpc) is 3.00. The third-order valence-electron chi connectivity index (χ3n) is 4.89. The number of piperidine rings is 1. The number of carbonyl (C=O) groups is 1. The molecule has 0 atom stereocenters. The van der Waals surface area contributed by atoms with Gasteiger partial charge in [-0.1, -0.05) is 6.92 Å². The first kappa shape index (κ1) is 17.6. The molecule has 0 spiro atoms. The van der Waals surface area contributed by atoms with Crippen LogP contribution >= 0.6 is 0 Å². The van der Waals surface area contributed by atoms with Crippen LogP contribution in [0, 0.1) is 5.92 Å². The second-order valence-electron chi connectivity index (χ2n) is 8.02. The SMILES string of the molecule is CC1CCN(C(=O)CCn2cnc3c(cnn3C(C)(C)C)c2=O)CC1. The Morgan fingerprint density at radius 1 is 1.28 bits per heavy atom. The van der Waals surface area contributed by atoms with Gasteiger partial charge < -0.3 is 4.90 Å². The van der Waals surface area contributed by atoms with Gasteiger partial charge in [-0.2, -0.15) is 5.10 Å². The highest BCUT2D eigenvalue weighted by molar-refractivity contribution is 5.76. The summed E-state index contributed by atoms with van der Waals surface area (Å²) in [6.07, 6.45) is 5.55. The number of carbonyl (C=O) groups excluding carboxylic acids is 1. The number of rotatable bonds is 3. The molecular weight excluding hydrogens is 318 g/mol. The van der Waals surface area contributed by atoms with Gasteiger partial charge in [-0.15, -0.1) is 0 Å². The van der Waals surface area contributed by atoms with Gasteiger partial charge in [-0.3, -0.25) is 14.2 Å². The molecule has 1 saturated heterocycles. The highest BCUT2D eigenvalue weighted by Gasteiger charge is 2.22. The minimum Gasteiger partial charge on any atom is -0.343 e. The number of hydrogen-bond acceptors (Lipinski definition) is 4. The van der Waals surface area contributed by atoms with Crippen LogP contribution in [0.3, 0.4) is 0 Å². The molecule has 0 bridgehead atoms. The molecule has 136 valence electrons. The quantitative estimate of drug-likeness (QED) is 0.853. The number of likely N-dealkylation sites (tertiary alicyclic amines) is 1. The standard InChI is InChI=1S/C18H27N5O2/c1-13-5-8-21(9-6-13)15(24)7-10-22-12-19-16-14(17(22)25)11-20-23(16)18(2,3)4/h11-13H,5-10H2,1-4H3. The predicted molar refractivity (Wildman–Crippen MR) is 96.4 cm³/mol. The van der Waals surface area contributed by atoms with Gasteiger partial charge in [-0.05, 0) is 39.5 Å². The molecule has 7 heteroatoms. The highest BCUT2D eigenvalue weighted by atomic mass is 16.2. The van der Waals surface area contributed by atoms with Gasteiger partial charge in [-0.25, -0.2) is 9.67 Å². The molecule has 0 aromatic carbocycles. The molecule has 1 aliphatic rings. The molecule has 0 unspecified atom stereocenters. The van der Waals surface area contributed by atoms with E-state index in [0.29, 0.717) is 29.9 Å². The number of nitrogens with zero attached hydrogens (tertiary/aromatic N) is 5. The zero-order chi connectivity index (χ0) is 18.2. The summed E-state index contributed by atoms with van der Waals surface area (Å²) in [5, 5.41) is 4.81. The van der Waals surface area contributed by atoms with Crippen molar-refractivity contribution in [1.82, 2.24) is 24.2 Å². The minimum absolute atomic E-state index is 0.115. The van der Waals surface area contributed by atoms with Crippen molar-refractivity contribution >= 4 is 16.9 Å². The summed E-state index contributed by atoms with van der Waals surface area (Å²) >= 11 is 0. The summed E-state index contributed by atoms with van der Waals surface area (Å²) in [5.74, 6) is 0.807. The normalized spacial score (nSPS) is 16.6. The van der Waals surface area contributed by atoms with Crippen LogP contribution in [-0.2, 0) is 16.9 Å². The van der Waals surface area contributed by atoms with Crippen LogP contribution in [0.1, 0.15) is 47.0 Å². The third kappa shape index (κ3) is 3.60. The van der Waals surface area contributed by atoms with Gasteiger partial charge in [0, 0.05) is 26.1 Å². The van der Waals surface area contributed by atoms with Crippen LogP contribution in [-0.4, -0.2) is 43.2 Å². The van der Waals surface area contributed by atoms with Crippen molar-refractivity contribution in [3.05, 3.63) is 22.9 Å². The Morgan fingerprint density at radius 3 is 2.60 bits per heavy atom. The molecule has 0 aliphatic carbocycles. The third-order valence-corrected chi connectivity index (χ3v) is 4.89. The van der Waals surface area contributed by atoms with E-state index in [2.05, 4.69) is 17.0 Å². The Kier molecular flexibility index (Phi) is 4.67. The van der Waals surface area contributed by atoms with Crippen molar-refractivity contribution in [2.45, 2.75) is 59.0 Å². The Balaban J connectivity index is 1.73. The molecule has 2 aromatic rings. The van der Waals surface area contributed by atoms with E-state index >= 15 is 0 Å². The molecule has 3 heterocycles. The zero-order valence-electron chi connectivity index (χ0n) is 15.5. The lowest BCUT2D eigenvalue weighted by molar-refractivity contribution is -0.132. The summed E-state index contributed by atoms with van der Waals surface area (Å²) in [6, 6.07) is 0. The number of aryl methyl sites for hydroxylation is 1. The average molecular weight is 345 g/mol. The molecular formula is C18H27N5O2. The first-order chi connectivity index (χ1) is 11.8. The van der Waals surface area contributed by atoms with Gasteiger partial charge >= 0.3 is 0 Å². The monoisotopic (exact) mass is 345 g/mol. The van der Waals surface area contributed by atoms with Gasteiger partial charge in [0.15, 0.2) is 5.65 Å². The van der Waals surface area contributed by atoms with E-state index in [1.807, 2.05) is 25.7 Å². The van der Waals surface area contributed by atoms with E-state index in [1.165, 1.54) is 10.9 Å². The van der Waals surface area contributed by atoms with E-state index in [1.54, 1.807) is 10.9 Å². The molecule has 1 fully saturated rings. The van der Waals surface area contributed by atoms with Crippen molar-refractivity contribution < 1.29 is 4.79 Å². The molecule has 0 N–H and O–H groups in total. The van der Waals surface area contributed by atoms with E-state index in [4.69, 9.17) is 0 Å². The van der Waals surface area contributed by atoms with Crippen LogP contribution in [0.5, 0.6) is 0 Å². The molecule has 0 saturated carbocycles. The topological polar surface area (TPSA) is 73.0 Å². The van der Waals surface area contributed by atoms with Crippen LogP contribution in [0.2, 0.25) is 0 Å². The molecule has 1 amide bonds. The Bertz CT molecular complexity index is 822. The summed E-state index contributed by atoms with van der Waals surface area (Å²) in [7, 11) is 0. The fourth-order valence-electron chi connectivity index (χ4n) is 3.23. The maximum atomic E-state index is 12.6. The maximum Gasteiger partial charge on any atom is 0.264 e. The van der Waals surface area contributed by atoms with Gasteiger partial charge in [0.1, 0.15) is 5.39 Å². The molecule has 1 aliphatic heterocycles. The smallest absolute Gasteiger partial charge is 0.264 e. The Hall–Kier alpha value is -2.18. The van der Waals surface area contributed by atoms with Crippen molar-refractivity contribution in [2.24, 2.45) is 5.92 Å². The van der Waals surface area contributed by atoms with E-state index in [0.717, 1.165) is 25.9 Å². The van der Waals surface area contributed by atoms with Crippen molar-refractivity contribution in [3.63, 3.8) is 0 Å². The fourth-order valence-corrected chi connectivity index (χ4v) is 3.23. The molecule has 7 nitrogen and oxygen atoms in total. The van der Waals surface area contributed by atoms with Gasteiger partial charge in [0.05, 0.1) is 18.1 Å². The second-order valence-corrected chi connectivity index (χ2v) is 8.02. The van der Waals surface area contributed by atoms with Gasteiger partial charge in [0.25, 0.3) is 5.56 Å². The summed E-state index contributed by atoms with van der Waals surface area (Å²) in [6.45, 7) is 10.3. The number of hydrogen-bond donors (Lipinski definition) is 0. The first-order valence-corrected chi connectivity index (χ1v) is 8.99. The predicted octanol–water partition coefficient (Wildman–Crippen LogP) is 2.00. The van der Waals surface area contributed by atoms with Crippen LogP contribution in [0.4, 0.5) is 0 Å².